The van der Waals surface area contributed by atoms with Crippen LogP contribution in [0.5, 0.6) is 0 Å². The second-order valence-corrected chi connectivity index (χ2v) is 4.04. The summed E-state index contributed by atoms with van der Waals surface area (Å²) in [5.41, 5.74) is -1.90. The molecule has 2 heterocycles. The highest BCUT2D eigenvalue weighted by Gasteiger charge is 2.63. The highest BCUT2D eigenvalue weighted by atomic mass is 19.4. The Morgan fingerprint density at radius 3 is 2.67 bits per heavy atom. The van der Waals surface area contributed by atoms with Crippen LogP contribution in [0.1, 0.15) is 5.56 Å². The molecule has 96 valence electrons. The van der Waals surface area contributed by atoms with E-state index in [1.54, 1.807) is 6.07 Å². The summed E-state index contributed by atoms with van der Waals surface area (Å²) in [6, 6.07) is 4.98. The van der Waals surface area contributed by atoms with E-state index in [9.17, 15) is 13.2 Å². The average molecular weight is 257 g/mol. The number of ether oxygens (including phenoxy) is 1. The van der Waals surface area contributed by atoms with Gasteiger partial charge in [-0.2, -0.15) is 18.4 Å². The Labute approximate surface area is 102 Å². The van der Waals surface area contributed by atoms with Gasteiger partial charge in [0.1, 0.15) is 11.9 Å². The Morgan fingerprint density at radius 2 is 2.17 bits per heavy atom. The summed E-state index contributed by atoms with van der Waals surface area (Å²) in [5.74, 6) is 0.261. The van der Waals surface area contributed by atoms with Crippen molar-refractivity contribution in [3.05, 3.63) is 23.9 Å². The number of rotatable bonds is 2. The van der Waals surface area contributed by atoms with Crippen LogP contribution >= 0.6 is 0 Å². The molecule has 0 spiro atoms. The van der Waals surface area contributed by atoms with E-state index < -0.39 is 11.8 Å². The lowest BCUT2D eigenvalue weighted by Crippen LogP contribution is -2.70. The molecule has 1 aliphatic heterocycles. The molecule has 1 aromatic heterocycles. The first-order valence-electron chi connectivity index (χ1n) is 5.15. The summed E-state index contributed by atoms with van der Waals surface area (Å²) < 4.78 is 43.0. The second kappa shape index (κ2) is 4.14. The van der Waals surface area contributed by atoms with Crippen LogP contribution in [-0.4, -0.2) is 37.0 Å². The van der Waals surface area contributed by atoms with Crippen molar-refractivity contribution in [3.63, 3.8) is 0 Å². The van der Waals surface area contributed by atoms with Crippen molar-refractivity contribution in [3.8, 4) is 6.07 Å². The maximum Gasteiger partial charge on any atom is 0.420 e. The standard InChI is InChI=1S/C11H10F3N3O/c1-18-10(11(12,13)14)6-17(7-10)9-8(5-15)3-2-4-16-9/h2-4H,6-7H2,1H3. The maximum absolute atomic E-state index is 12.8. The largest absolute Gasteiger partial charge is 0.420 e. The highest BCUT2D eigenvalue weighted by molar-refractivity contribution is 5.56. The van der Waals surface area contributed by atoms with Crippen molar-refractivity contribution in [1.29, 1.82) is 5.26 Å². The van der Waals surface area contributed by atoms with Crippen molar-refractivity contribution in [2.75, 3.05) is 25.1 Å². The van der Waals surface area contributed by atoms with Gasteiger partial charge in [-0.1, -0.05) is 0 Å². The molecule has 1 fully saturated rings. The lowest BCUT2D eigenvalue weighted by molar-refractivity contribution is -0.277. The Balaban J connectivity index is 2.21. The summed E-state index contributed by atoms with van der Waals surface area (Å²) >= 11 is 0. The maximum atomic E-state index is 12.8. The van der Waals surface area contributed by atoms with E-state index >= 15 is 0 Å². The van der Waals surface area contributed by atoms with Gasteiger partial charge in [-0.05, 0) is 12.1 Å². The molecule has 0 aromatic carbocycles. The lowest BCUT2D eigenvalue weighted by atomic mass is 9.92. The Kier molecular flexibility index (Phi) is 2.91. The number of aromatic nitrogens is 1. The summed E-state index contributed by atoms with van der Waals surface area (Å²) in [4.78, 5) is 5.32. The molecule has 0 N–H and O–H groups in total. The van der Waals surface area contributed by atoms with Gasteiger partial charge < -0.3 is 9.64 Å². The molecule has 0 amide bonds. The topological polar surface area (TPSA) is 49.1 Å². The van der Waals surface area contributed by atoms with E-state index in [0.717, 1.165) is 7.11 Å². The number of methoxy groups -OCH3 is 1. The van der Waals surface area contributed by atoms with E-state index in [0.29, 0.717) is 0 Å². The molecule has 4 nitrogen and oxygen atoms in total. The molecular weight excluding hydrogens is 247 g/mol. The van der Waals surface area contributed by atoms with Crippen LogP contribution in [0.3, 0.4) is 0 Å². The molecule has 1 aliphatic rings. The van der Waals surface area contributed by atoms with Crippen LogP contribution in [-0.2, 0) is 4.74 Å². The summed E-state index contributed by atoms with van der Waals surface area (Å²) in [7, 11) is 1.04. The van der Waals surface area contributed by atoms with Gasteiger partial charge in [0.05, 0.1) is 18.7 Å². The molecule has 7 heteroatoms. The number of nitrogens with zero attached hydrogens (tertiary/aromatic N) is 3. The van der Waals surface area contributed by atoms with Crippen LogP contribution in [0.15, 0.2) is 18.3 Å². The zero-order valence-electron chi connectivity index (χ0n) is 9.53. The van der Waals surface area contributed by atoms with Crippen LogP contribution in [0, 0.1) is 11.3 Å². The fraction of sp³-hybridized carbons (Fsp3) is 0.455. The van der Waals surface area contributed by atoms with E-state index in [1.165, 1.54) is 17.2 Å². The van der Waals surface area contributed by atoms with Crippen LogP contribution < -0.4 is 4.90 Å². The summed E-state index contributed by atoms with van der Waals surface area (Å²) in [5, 5.41) is 8.86. The first kappa shape index (κ1) is 12.6. The first-order valence-corrected chi connectivity index (χ1v) is 5.15. The van der Waals surface area contributed by atoms with Crippen LogP contribution in [0.4, 0.5) is 19.0 Å². The fourth-order valence-corrected chi connectivity index (χ4v) is 1.88. The van der Waals surface area contributed by atoms with Gasteiger partial charge in [0.15, 0.2) is 5.60 Å². The molecule has 2 rings (SSSR count). The van der Waals surface area contributed by atoms with E-state index in [2.05, 4.69) is 9.72 Å². The summed E-state index contributed by atoms with van der Waals surface area (Å²) in [6.45, 7) is -0.697. The highest BCUT2D eigenvalue weighted by Crippen LogP contribution is 2.42. The number of halogens is 3. The quantitative estimate of drug-likeness (QED) is 0.809. The van der Waals surface area contributed by atoms with Crippen molar-refractivity contribution in [2.24, 2.45) is 0 Å². The number of nitriles is 1. The SMILES string of the molecule is COC1(C(F)(F)F)CN(c2ncccc2C#N)C1. The van der Waals surface area contributed by atoms with Crippen LogP contribution in [0.25, 0.3) is 0 Å². The smallest absolute Gasteiger partial charge is 0.365 e. The second-order valence-electron chi connectivity index (χ2n) is 4.04. The molecule has 0 atom stereocenters. The molecule has 0 bridgehead atoms. The number of alkyl halides is 3. The predicted molar refractivity (Wildman–Crippen MR) is 57.0 cm³/mol. The van der Waals surface area contributed by atoms with Crippen molar-refractivity contribution in [1.82, 2.24) is 4.98 Å². The molecule has 0 saturated carbocycles. The number of anilines is 1. The molecule has 0 radical (unpaired) electrons. The third-order valence-corrected chi connectivity index (χ3v) is 3.01. The summed E-state index contributed by atoms with van der Waals surface area (Å²) in [6.07, 6.45) is -2.99. The normalized spacial score (nSPS) is 18.1. The third-order valence-electron chi connectivity index (χ3n) is 3.01. The van der Waals surface area contributed by atoms with Gasteiger partial charge in [0.2, 0.25) is 0 Å². The molecular formula is C11H10F3N3O. The van der Waals surface area contributed by atoms with Crippen molar-refractivity contribution in [2.45, 2.75) is 11.8 Å². The van der Waals surface area contributed by atoms with Crippen LogP contribution in [0.2, 0.25) is 0 Å². The number of hydrogen-bond donors (Lipinski definition) is 0. The van der Waals surface area contributed by atoms with E-state index in [4.69, 9.17) is 5.26 Å². The average Bonchev–Trinajstić information content (AvgIpc) is 2.27. The minimum atomic E-state index is -4.43. The Morgan fingerprint density at radius 1 is 1.50 bits per heavy atom. The zero-order chi connectivity index (χ0) is 13.4. The predicted octanol–water partition coefficient (Wildman–Crippen LogP) is 1.72. The number of pyridine rings is 1. The third kappa shape index (κ3) is 1.78. The number of hydrogen-bond acceptors (Lipinski definition) is 4. The van der Waals surface area contributed by atoms with Gasteiger partial charge >= 0.3 is 6.18 Å². The molecule has 1 aromatic rings. The fourth-order valence-electron chi connectivity index (χ4n) is 1.88. The Hall–Kier alpha value is -1.81. The molecule has 0 aliphatic carbocycles. The lowest BCUT2D eigenvalue weighted by Gasteiger charge is -2.50. The Bertz CT molecular complexity index is 489. The van der Waals surface area contributed by atoms with Crippen molar-refractivity contribution < 1.29 is 17.9 Å². The van der Waals surface area contributed by atoms with Gasteiger partial charge in [0, 0.05) is 13.3 Å². The molecule has 18 heavy (non-hydrogen) atoms. The van der Waals surface area contributed by atoms with Gasteiger partial charge in [-0.15, -0.1) is 0 Å². The van der Waals surface area contributed by atoms with E-state index in [1.807, 2.05) is 6.07 Å². The van der Waals surface area contributed by atoms with Gasteiger partial charge in [-0.25, -0.2) is 4.98 Å². The zero-order valence-corrected chi connectivity index (χ0v) is 9.53. The monoisotopic (exact) mass is 257 g/mol. The van der Waals surface area contributed by atoms with Crippen molar-refractivity contribution >= 4 is 5.82 Å². The molecule has 1 saturated heterocycles. The van der Waals surface area contributed by atoms with Gasteiger partial charge in [-0.3, -0.25) is 0 Å². The van der Waals surface area contributed by atoms with E-state index in [-0.39, 0.29) is 24.5 Å². The molecule has 0 unspecified atom stereocenters. The first-order chi connectivity index (χ1) is 8.43. The van der Waals surface area contributed by atoms with Gasteiger partial charge in [0.25, 0.3) is 0 Å². The minimum absolute atomic E-state index is 0.254. The minimum Gasteiger partial charge on any atom is -0.365 e.